The quantitative estimate of drug-likeness (QED) is 0.575. The predicted molar refractivity (Wildman–Crippen MR) is 96.0 cm³/mol. The van der Waals surface area contributed by atoms with Gasteiger partial charge >= 0.3 is 6.18 Å². The third-order valence-corrected chi connectivity index (χ3v) is 3.56. The minimum atomic E-state index is -4.57. The Hall–Kier alpha value is -3.64. The highest BCUT2D eigenvalue weighted by atomic mass is 19.4. The minimum absolute atomic E-state index is 0.0150. The first kappa shape index (κ1) is 23.6. The zero-order valence-corrected chi connectivity index (χ0v) is 15.7. The molecule has 0 aliphatic rings. The molecule has 166 valence electrons. The Labute approximate surface area is 172 Å². The van der Waals surface area contributed by atoms with Crippen LogP contribution in [0.4, 0.5) is 22.0 Å². The number of rotatable bonds is 9. The molecule has 0 saturated heterocycles. The summed E-state index contributed by atoms with van der Waals surface area (Å²) in [6.45, 7) is 3.21. The fourth-order valence-electron chi connectivity index (χ4n) is 2.04. The maximum Gasteiger partial charge on any atom is 0.433 e. The average molecular weight is 445 g/mol. The Morgan fingerprint density at radius 3 is 2.39 bits per heavy atom. The van der Waals surface area contributed by atoms with Crippen LogP contribution >= 0.6 is 0 Å². The molecule has 2 amide bonds. The van der Waals surface area contributed by atoms with Crippen LogP contribution in [0, 0.1) is 0 Å². The molecule has 0 fully saturated rings. The number of carbonyl (C=O) groups excluding carboxylic acids is 2. The molecule has 2 rings (SSSR count). The van der Waals surface area contributed by atoms with E-state index in [1.54, 1.807) is 0 Å². The molecule has 2 aromatic heterocycles. The van der Waals surface area contributed by atoms with Crippen molar-refractivity contribution in [1.29, 1.82) is 0 Å². The normalized spacial score (nSPS) is 11.2. The highest BCUT2D eigenvalue weighted by molar-refractivity contribution is 5.93. The number of amides is 2. The van der Waals surface area contributed by atoms with Crippen LogP contribution in [0.3, 0.4) is 0 Å². The SMILES string of the molecule is C=C(CCNC(=O)COc1ccc(C(F)(F)F)nc1)NC(=O)c1cnc(C(F)F)cn1. The Morgan fingerprint density at radius 2 is 1.84 bits per heavy atom. The second kappa shape index (κ2) is 10.4. The molecule has 0 spiro atoms. The molecule has 0 atom stereocenters. The minimum Gasteiger partial charge on any atom is -0.482 e. The summed E-state index contributed by atoms with van der Waals surface area (Å²) in [7, 11) is 0. The van der Waals surface area contributed by atoms with Crippen molar-refractivity contribution in [2.75, 3.05) is 13.2 Å². The second-order valence-corrected chi connectivity index (χ2v) is 5.95. The number of hydrogen-bond acceptors (Lipinski definition) is 6. The number of nitrogens with one attached hydrogen (secondary N) is 2. The van der Waals surface area contributed by atoms with E-state index in [-0.39, 0.29) is 30.1 Å². The van der Waals surface area contributed by atoms with Gasteiger partial charge in [-0.2, -0.15) is 13.2 Å². The lowest BCUT2D eigenvalue weighted by atomic mass is 10.3. The third-order valence-electron chi connectivity index (χ3n) is 3.56. The number of aromatic nitrogens is 3. The van der Waals surface area contributed by atoms with Crippen LogP contribution in [-0.4, -0.2) is 39.9 Å². The lowest BCUT2D eigenvalue weighted by Crippen LogP contribution is -2.31. The van der Waals surface area contributed by atoms with Gasteiger partial charge in [-0.3, -0.25) is 14.6 Å². The molecular formula is C18H16F5N5O3. The number of nitrogens with zero attached hydrogens (tertiary/aromatic N) is 3. The molecular weight excluding hydrogens is 429 g/mol. The van der Waals surface area contributed by atoms with E-state index in [1.807, 2.05) is 0 Å². The van der Waals surface area contributed by atoms with Gasteiger partial charge in [0, 0.05) is 18.7 Å². The Bertz CT molecular complexity index is 918. The lowest BCUT2D eigenvalue weighted by molar-refractivity contribution is -0.141. The van der Waals surface area contributed by atoms with E-state index in [0.717, 1.165) is 30.7 Å². The van der Waals surface area contributed by atoms with Gasteiger partial charge in [0.2, 0.25) is 0 Å². The molecule has 0 aliphatic carbocycles. The van der Waals surface area contributed by atoms with Crippen LogP contribution in [0.15, 0.2) is 43.0 Å². The van der Waals surface area contributed by atoms with E-state index in [1.165, 1.54) is 0 Å². The van der Waals surface area contributed by atoms with Crippen molar-refractivity contribution in [1.82, 2.24) is 25.6 Å². The van der Waals surface area contributed by atoms with Gasteiger partial charge < -0.3 is 15.4 Å². The molecule has 8 nitrogen and oxygen atoms in total. The number of hydrogen-bond donors (Lipinski definition) is 2. The van der Waals surface area contributed by atoms with E-state index in [0.29, 0.717) is 0 Å². The summed E-state index contributed by atoms with van der Waals surface area (Å²) in [5.74, 6) is -1.28. The molecule has 2 heterocycles. The molecule has 0 unspecified atom stereocenters. The summed E-state index contributed by atoms with van der Waals surface area (Å²) < 4.78 is 67.2. The van der Waals surface area contributed by atoms with E-state index >= 15 is 0 Å². The maximum absolute atomic E-state index is 12.4. The molecule has 2 N–H and O–H groups in total. The largest absolute Gasteiger partial charge is 0.482 e. The predicted octanol–water partition coefficient (Wildman–Crippen LogP) is 2.66. The molecule has 0 saturated carbocycles. The second-order valence-electron chi connectivity index (χ2n) is 5.95. The number of carbonyl (C=O) groups is 2. The Morgan fingerprint density at radius 1 is 1.10 bits per heavy atom. The van der Waals surface area contributed by atoms with E-state index in [2.05, 4.69) is 32.2 Å². The molecule has 13 heteroatoms. The van der Waals surface area contributed by atoms with Crippen molar-refractivity contribution in [3.8, 4) is 5.75 Å². The van der Waals surface area contributed by atoms with Gasteiger partial charge in [-0.1, -0.05) is 6.58 Å². The summed E-state index contributed by atoms with van der Waals surface area (Å²) in [5, 5.41) is 4.85. The van der Waals surface area contributed by atoms with Gasteiger partial charge in [0.05, 0.1) is 18.6 Å². The topological polar surface area (TPSA) is 106 Å². The van der Waals surface area contributed by atoms with Crippen molar-refractivity contribution in [2.24, 2.45) is 0 Å². The Kier molecular flexibility index (Phi) is 7.94. The summed E-state index contributed by atoms with van der Waals surface area (Å²) in [5.41, 5.74) is -1.61. The van der Waals surface area contributed by atoms with Gasteiger partial charge in [-0.25, -0.2) is 18.7 Å². The standard InChI is InChI=1S/C18H16F5N5O3/c1-10(28-17(30)13-8-25-12(7-26-13)16(19)20)4-5-24-15(29)9-31-11-2-3-14(27-6-11)18(21,22)23/h2-3,6-8,16H,1,4-5,9H2,(H,24,29)(H,28,30). The third kappa shape index (κ3) is 7.60. The Balaban J connectivity index is 1.69. The maximum atomic E-state index is 12.4. The average Bonchev–Trinajstić information content (AvgIpc) is 2.72. The fourth-order valence-corrected chi connectivity index (χ4v) is 2.04. The lowest BCUT2D eigenvalue weighted by Gasteiger charge is -2.10. The highest BCUT2D eigenvalue weighted by Crippen LogP contribution is 2.28. The van der Waals surface area contributed by atoms with Gasteiger partial charge in [0.1, 0.15) is 22.8 Å². The van der Waals surface area contributed by atoms with Gasteiger partial charge in [0.25, 0.3) is 18.2 Å². The number of halogens is 5. The number of alkyl halides is 5. The van der Waals surface area contributed by atoms with Crippen molar-refractivity contribution in [3.05, 3.63) is 60.1 Å². The van der Waals surface area contributed by atoms with Gasteiger partial charge in [0.15, 0.2) is 6.61 Å². The molecule has 0 aliphatic heterocycles. The van der Waals surface area contributed by atoms with Gasteiger partial charge in [-0.15, -0.1) is 0 Å². The number of pyridine rings is 1. The molecule has 2 aromatic rings. The zero-order chi connectivity index (χ0) is 23.0. The van der Waals surface area contributed by atoms with Crippen LogP contribution in [0.25, 0.3) is 0 Å². The van der Waals surface area contributed by atoms with Crippen LogP contribution in [0.2, 0.25) is 0 Å². The summed E-state index contributed by atoms with van der Waals surface area (Å²) in [4.78, 5) is 33.9. The van der Waals surface area contributed by atoms with Crippen LogP contribution in [0.1, 0.15) is 34.7 Å². The number of ether oxygens (including phenoxy) is 1. The first-order valence-electron chi connectivity index (χ1n) is 8.58. The smallest absolute Gasteiger partial charge is 0.433 e. The molecule has 0 bridgehead atoms. The van der Waals surface area contributed by atoms with Crippen LogP contribution in [0.5, 0.6) is 5.75 Å². The first-order chi connectivity index (χ1) is 14.6. The molecule has 0 radical (unpaired) electrons. The van der Waals surface area contributed by atoms with Crippen molar-refractivity contribution in [3.63, 3.8) is 0 Å². The van der Waals surface area contributed by atoms with Crippen molar-refractivity contribution < 1.29 is 36.3 Å². The van der Waals surface area contributed by atoms with Crippen molar-refractivity contribution >= 4 is 11.8 Å². The monoisotopic (exact) mass is 445 g/mol. The summed E-state index contributed by atoms with van der Waals surface area (Å²) >= 11 is 0. The van der Waals surface area contributed by atoms with E-state index in [9.17, 15) is 31.5 Å². The summed E-state index contributed by atoms with van der Waals surface area (Å²) in [6, 6.07) is 1.77. The highest BCUT2D eigenvalue weighted by Gasteiger charge is 2.32. The zero-order valence-electron chi connectivity index (χ0n) is 15.7. The van der Waals surface area contributed by atoms with Crippen LogP contribution < -0.4 is 15.4 Å². The van der Waals surface area contributed by atoms with Crippen molar-refractivity contribution in [2.45, 2.75) is 19.0 Å². The summed E-state index contributed by atoms with van der Waals surface area (Å²) in [6.07, 6.45) is -4.70. The first-order valence-corrected chi connectivity index (χ1v) is 8.58. The van der Waals surface area contributed by atoms with E-state index in [4.69, 9.17) is 4.74 Å². The molecule has 0 aromatic carbocycles. The molecule has 31 heavy (non-hydrogen) atoms. The van der Waals surface area contributed by atoms with E-state index < -0.39 is 42.4 Å². The van der Waals surface area contributed by atoms with Crippen LogP contribution in [-0.2, 0) is 11.0 Å². The fraction of sp³-hybridized carbons (Fsp3) is 0.278. The van der Waals surface area contributed by atoms with Gasteiger partial charge in [-0.05, 0) is 12.1 Å².